The third-order valence-corrected chi connectivity index (χ3v) is 3.86. The molecule has 0 aliphatic heterocycles. The molecule has 0 fully saturated rings. The first kappa shape index (κ1) is 20.8. The smallest absolute Gasteiger partial charge is 0.149 e. The lowest BCUT2D eigenvalue weighted by Crippen LogP contribution is -2.27. The lowest BCUT2D eigenvalue weighted by Gasteiger charge is -2.21. The Morgan fingerprint density at radius 2 is 1.67 bits per heavy atom. The fraction of sp³-hybridized carbons (Fsp3) is 0.250. The number of aliphatic hydroxyl groups is 2. The summed E-state index contributed by atoms with van der Waals surface area (Å²) < 4.78 is 27.0. The van der Waals surface area contributed by atoms with E-state index >= 15 is 0 Å². The second-order valence-electron chi connectivity index (χ2n) is 5.19. The van der Waals surface area contributed by atoms with E-state index in [1.807, 2.05) is 0 Å². The largest absolute Gasteiger partial charge is 0.393 e. The van der Waals surface area contributed by atoms with Gasteiger partial charge in [-0.1, -0.05) is 6.58 Å². The number of hydrogen-bond acceptors (Lipinski definition) is 4. The van der Waals surface area contributed by atoms with Crippen molar-refractivity contribution in [3.63, 3.8) is 0 Å². The van der Waals surface area contributed by atoms with E-state index in [4.69, 9.17) is 5.11 Å². The van der Waals surface area contributed by atoms with Gasteiger partial charge >= 0.3 is 0 Å². The zero-order valence-electron chi connectivity index (χ0n) is 13.0. The number of allylic oxidation sites excluding steroid dienone is 1. The van der Waals surface area contributed by atoms with Crippen molar-refractivity contribution in [1.29, 1.82) is 0 Å². The summed E-state index contributed by atoms with van der Waals surface area (Å²) in [5.74, 6) is -0.969. The second-order valence-corrected chi connectivity index (χ2v) is 6.81. The normalized spacial score (nSPS) is 12.8. The number of nitrogens with zero attached hydrogens (tertiary/aromatic N) is 2. The minimum absolute atomic E-state index is 0.0249. The van der Waals surface area contributed by atoms with Gasteiger partial charge in [0.15, 0.2) is 0 Å². The molecule has 0 spiro atoms. The first-order chi connectivity index (χ1) is 11.1. The number of rotatable bonds is 3. The topological polar surface area (TPSA) is 66.2 Å². The zero-order chi connectivity index (χ0) is 18.5. The van der Waals surface area contributed by atoms with Gasteiger partial charge in [-0.3, -0.25) is 0 Å². The predicted molar refractivity (Wildman–Crippen MR) is 95.2 cm³/mol. The van der Waals surface area contributed by atoms with E-state index in [-0.39, 0.29) is 11.4 Å². The van der Waals surface area contributed by atoms with Crippen LogP contribution >= 0.6 is 31.9 Å². The molecule has 2 aromatic heterocycles. The molecule has 4 nitrogen and oxygen atoms in total. The van der Waals surface area contributed by atoms with Gasteiger partial charge in [-0.25, -0.2) is 18.7 Å². The molecule has 1 atom stereocenters. The molecule has 2 aromatic rings. The second kappa shape index (κ2) is 8.75. The van der Waals surface area contributed by atoms with Gasteiger partial charge in [0.1, 0.15) is 26.4 Å². The summed E-state index contributed by atoms with van der Waals surface area (Å²) in [7, 11) is 0. The lowest BCUT2D eigenvalue weighted by molar-refractivity contribution is -0.00523. The minimum Gasteiger partial charge on any atom is -0.393 e. The van der Waals surface area contributed by atoms with E-state index in [9.17, 15) is 13.9 Å². The Hall–Kier alpha value is -1.22. The summed E-state index contributed by atoms with van der Waals surface area (Å²) in [4.78, 5) is 7.36. The number of hydrogen-bond donors (Lipinski definition) is 2. The predicted octanol–water partition coefficient (Wildman–Crippen LogP) is 4.20. The quantitative estimate of drug-likeness (QED) is 0.666. The van der Waals surface area contributed by atoms with Crippen LogP contribution in [0.25, 0.3) is 5.57 Å². The zero-order valence-corrected chi connectivity index (χ0v) is 16.2. The van der Waals surface area contributed by atoms with Crippen molar-refractivity contribution in [1.82, 2.24) is 9.97 Å². The molecule has 2 rings (SSSR count). The van der Waals surface area contributed by atoms with Gasteiger partial charge in [-0.15, -0.1) is 0 Å². The molecular weight excluding hydrogens is 450 g/mol. The number of halogens is 4. The molecule has 0 saturated carbocycles. The van der Waals surface area contributed by atoms with Gasteiger partial charge in [0.2, 0.25) is 0 Å². The Kier molecular flexibility index (Phi) is 7.59. The van der Waals surface area contributed by atoms with E-state index in [1.165, 1.54) is 19.2 Å². The summed E-state index contributed by atoms with van der Waals surface area (Å²) in [5.41, 5.74) is -0.343. The summed E-state index contributed by atoms with van der Waals surface area (Å²) >= 11 is 6.19. The van der Waals surface area contributed by atoms with Crippen LogP contribution in [0.3, 0.4) is 0 Å². The van der Waals surface area contributed by atoms with Crippen LogP contribution in [0.15, 0.2) is 40.3 Å². The van der Waals surface area contributed by atoms with Crippen LogP contribution in [0.5, 0.6) is 0 Å². The molecule has 0 saturated heterocycles. The van der Waals surface area contributed by atoms with E-state index in [0.29, 0.717) is 20.3 Å². The molecule has 130 valence electrons. The van der Waals surface area contributed by atoms with Gasteiger partial charge < -0.3 is 10.2 Å². The highest BCUT2D eigenvalue weighted by molar-refractivity contribution is 9.10. The highest BCUT2D eigenvalue weighted by atomic mass is 79.9. The molecule has 0 aromatic carbocycles. The van der Waals surface area contributed by atoms with Crippen molar-refractivity contribution in [2.45, 2.75) is 19.4 Å². The average Bonchev–Trinajstić information content (AvgIpc) is 2.52. The van der Waals surface area contributed by atoms with Crippen LogP contribution in [0, 0.1) is 11.6 Å². The third kappa shape index (κ3) is 5.70. The molecule has 0 aliphatic rings. The van der Waals surface area contributed by atoms with E-state index in [1.54, 1.807) is 13.0 Å². The monoisotopic (exact) mass is 464 g/mol. The molecular formula is C16H16Br2F2N2O2. The first-order valence-corrected chi connectivity index (χ1v) is 8.28. The highest BCUT2D eigenvalue weighted by Gasteiger charge is 2.26. The van der Waals surface area contributed by atoms with Crippen molar-refractivity contribution in [3.8, 4) is 0 Å². The Morgan fingerprint density at radius 1 is 1.17 bits per heavy atom. The number of aromatic nitrogens is 2. The Balaban J connectivity index is 0.000000243. The maximum absolute atomic E-state index is 13.1. The third-order valence-electron chi connectivity index (χ3n) is 2.99. The lowest BCUT2D eigenvalue weighted by atomic mass is 9.98. The number of pyridine rings is 2. The van der Waals surface area contributed by atoms with Crippen LogP contribution in [-0.4, -0.2) is 26.8 Å². The van der Waals surface area contributed by atoms with Crippen molar-refractivity contribution in [3.05, 3.63) is 63.1 Å². The fourth-order valence-corrected chi connectivity index (χ4v) is 2.31. The van der Waals surface area contributed by atoms with E-state index in [2.05, 4.69) is 48.4 Å². The molecule has 24 heavy (non-hydrogen) atoms. The summed E-state index contributed by atoms with van der Waals surface area (Å²) in [6.45, 7) is 6.18. The summed E-state index contributed by atoms with van der Waals surface area (Å²) in [6, 6.07) is 2.95. The highest BCUT2D eigenvalue weighted by Crippen LogP contribution is 2.24. The molecule has 0 bridgehead atoms. The van der Waals surface area contributed by atoms with Crippen LogP contribution < -0.4 is 0 Å². The van der Waals surface area contributed by atoms with Gasteiger partial charge in [0.05, 0.1) is 19.0 Å². The first-order valence-electron chi connectivity index (χ1n) is 6.70. The SMILES string of the molecule is C=C(C)c1cc(Br)ncc1F.CC(O)(CO)c1cc(Br)ncc1F. The van der Waals surface area contributed by atoms with Crippen LogP contribution in [-0.2, 0) is 5.60 Å². The molecule has 2 heterocycles. The van der Waals surface area contributed by atoms with E-state index < -0.39 is 18.0 Å². The van der Waals surface area contributed by atoms with Crippen LogP contribution in [0.1, 0.15) is 25.0 Å². The maximum atomic E-state index is 13.1. The maximum Gasteiger partial charge on any atom is 0.149 e. The van der Waals surface area contributed by atoms with Gasteiger partial charge in [-0.05, 0) is 63.4 Å². The van der Waals surface area contributed by atoms with Gasteiger partial charge in [0, 0.05) is 11.1 Å². The number of aliphatic hydroxyl groups excluding tert-OH is 1. The molecule has 0 radical (unpaired) electrons. The summed E-state index contributed by atoms with van der Waals surface area (Å²) in [6.07, 6.45) is 2.16. The Morgan fingerprint density at radius 3 is 2.12 bits per heavy atom. The van der Waals surface area contributed by atoms with Gasteiger partial charge in [-0.2, -0.15) is 0 Å². The fourth-order valence-electron chi connectivity index (χ4n) is 1.65. The minimum atomic E-state index is -1.57. The molecule has 0 amide bonds. The van der Waals surface area contributed by atoms with Gasteiger partial charge in [0.25, 0.3) is 0 Å². The Labute approximate surface area is 155 Å². The van der Waals surface area contributed by atoms with Crippen molar-refractivity contribution in [2.75, 3.05) is 6.61 Å². The van der Waals surface area contributed by atoms with Crippen molar-refractivity contribution in [2.24, 2.45) is 0 Å². The van der Waals surface area contributed by atoms with Crippen LogP contribution in [0.2, 0.25) is 0 Å². The van der Waals surface area contributed by atoms with Crippen molar-refractivity contribution < 1.29 is 19.0 Å². The molecule has 8 heteroatoms. The van der Waals surface area contributed by atoms with E-state index in [0.717, 1.165) is 6.20 Å². The Bertz CT molecular complexity index is 740. The standard InChI is InChI=1S/C8H9BrFNO2.C8H7BrFN/c1-8(13,4-12)5-2-7(9)11-3-6(5)10;1-5(2)6-3-8(9)11-4-7(6)10/h2-3,12-13H,4H2,1H3;3-4H,1H2,2H3. The molecule has 1 unspecified atom stereocenters. The van der Waals surface area contributed by atoms with Crippen molar-refractivity contribution >= 4 is 37.4 Å². The summed E-state index contributed by atoms with van der Waals surface area (Å²) in [5, 5.41) is 18.4. The molecule has 2 N–H and O–H groups in total. The van der Waals surface area contributed by atoms with Crippen LogP contribution in [0.4, 0.5) is 8.78 Å². The molecule has 0 aliphatic carbocycles. The average molecular weight is 466 g/mol.